The fourth-order valence-corrected chi connectivity index (χ4v) is 6.75. The number of guanidine groups is 1. The first-order chi connectivity index (χ1) is 28.9. The molecule has 1 aromatic rings. The average molecular weight is 879 g/mol. The van der Waals surface area contributed by atoms with Crippen LogP contribution >= 0.6 is 0 Å². The molecule has 1 heterocycles. The molecule has 0 aromatic heterocycles. The highest BCUT2D eigenvalue weighted by Gasteiger charge is 2.35. The van der Waals surface area contributed by atoms with E-state index in [9.17, 15) is 48.6 Å². The summed E-state index contributed by atoms with van der Waals surface area (Å²) in [4.78, 5) is 112. The third kappa shape index (κ3) is 21.6. The van der Waals surface area contributed by atoms with Crippen molar-refractivity contribution in [3.8, 4) is 0 Å². The maximum absolute atomic E-state index is 14.0. The van der Waals surface area contributed by atoms with E-state index < -0.39 is 127 Å². The van der Waals surface area contributed by atoms with Gasteiger partial charge in [-0.05, 0) is 51.5 Å². The fraction of sp³-hybridized carbons (Fsp3) is 0.659. The summed E-state index contributed by atoms with van der Waals surface area (Å²) >= 11 is 0. The summed E-state index contributed by atoms with van der Waals surface area (Å²) in [5.74, 6) is -8.60. The maximum Gasteiger partial charge on any atom is 0.243 e. The number of carbonyl (C=O) groups excluding carboxylic acids is 8. The Kier molecular flexibility index (Phi) is 28.4. The SMILES string of the molecule is C.CCC.CCCC(=O)NC1CCCC(C(=O)CC(C(=O)CN)C(C)O)CC(=O)C(C(C)O)CC(=O)CNC(=O)C(Cc2ccccc2)NC(=O)C(CCCN=C(N)N)NC1=O.[3HH]. The molecule has 8 unspecified atom stereocenters. The normalized spacial score (nSPS) is 22.1. The number of Topliss-reactive ketones (excluding diaryl/α,β-unsaturated/α-hetero) is 4. The number of ketones is 4. The minimum Gasteiger partial charge on any atom is -0.393 e. The van der Waals surface area contributed by atoms with Crippen molar-refractivity contribution in [3.05, 3.63) is 35.9 Å². The second kappa shape index (κ2) is 30.9. The van der Waals surface area contributed by atoms with Crippen LogP contribution in [0.5, 0.6) is 0 Å². The molecule has 0 aliphatic carbocycles. The maximum atomic E-state index is 14.0. The number of nitrogens with two attached hydrogens (primary N) is 3. The van der Waals surface area contributed by atoms with E-state index in [2.05, 4.69) is 40.1 Å². The lowest BCUT2D eigenvalue weighted by atomic mass is 9.80. The number of carbonyl (C=O) groups is 8. The van der Waals surface area contributed by atoms with Gasteiger partial charge in [-0.1, -0.05) is 71.4 Å². The molecule has 1 saturated heterocycles. The Bertz CT molecular complexity index is 1620. The van der Waals surface area contributed by atoms with Crippen LogP contribution in [-0.4, -0.2) is 113 Å². The number of hydrogen-bond acceptors (Lipinski definition) is 12. The summed E-state index contributed by atoms with van der Waals surface area (Å²) in [5, 5.41) is 31.5. The molecule has 4 amide bonds. The molecule has 12 N–H and O–H groups in total. The minimum atomic E-state index is -1.32. The van der Waals surface area contributed by atoms with Gasteiger partial charge in [0, 0.05) is 46.0 Å². The van der Waals surface area contributed by atoms with Crippen LogP contribution < -0.4 is 38.5 Å². The van der Waals surface area contributed by atoms with E-state index in [4.69, 9.17) is 17.2 Å². The van der Waals surface area contributed by atoms with E-state index in [1.54, 1.807) is 37.3 Å². The van der Waals surface area contributed by atoms with Gasteiger partial charge in [-0.3, -0.25) is 43.3 Å². The number of aliphatic hydroxyl groups excluding tert-OH is 2. The lowest BCUT2D eigenvalue weighted by molar-refractivity contribution is -0.136. The lowest BCUT2D eigenvalue weighted by Gasteiger charge is -2.26. The largest absolute Gasteiger partial charge is 0.393 e. The van der Waals surface area contributed by atoms with Crippen LogP contribution in [0.2, 0.25) is 0 Å². The topological polar surface area (TPSA) is 316 Å². The van der Waals surface area contributed by atoms with Crippen molar-refractivity contribution >= 4 is 52.7 Å². The van der Waals surface area contributed by atoms with Crippen molar-refractivity contribution in [3.63, 3.8) is 0 Å². The number of benzene rings is 1. The van der Waals surface area contributed by atoms with Gasteiger partial charge in [0.1, 0.15) is 29.7 Å². The number of nitrogens with one attached hydrogen (secondary N) is 4. The Morgan fingerprint density at radius 1 is 0.919 bits per heavy atom. The van der Waals surface area contributed by atoms with Crippen molar-refractivity contribution in [1.29, 1.82) is 0 Å². The molecular formula is C44H76N8O10. The molecule has 62 heavy (non-hydrogen) atoms. The van der Waals surface area contributed by atoms with Crippen molar-refractivity contribution in [2.45, 2.75) is 149 Å². The van der Waals surface area contributed by atoms with Crippen LogP contribution in [0.4, 0.5) is 0 Å². The monoisotopic (exact) mass is 879 g/mol. The van der Waals surface area contributed by atoms with Crippen LogP contribution in [0.3, 0.4) is 0 Å². The smallest absolute Gasteiger partial charge is 0.243 e. The number of aliphatic hydroxyl groups is 2. The third-order valence-corrected chi connectivity index (χ3v) is 10.1. The van der Waals surface area contributed by atoms with Gasteiger partial charge < -0.3 is 48.7 Å². The molecular weight excluding hydrogens is 801 g/mol. The van der Waals surface area contributed by atoms with E-state index >= 15 is 0 Å². The Hall–Kier alpha value is -5.07. The van der Waals surface area contributed by atoms with Gasteiger partial charge in [-0.2, -0.15) is 0 Å². The van der Waals surface area contributed by atoms with Crippen LogP contribution in [0, 0.1) is 17.8 Å². The fourth-order valence-electron chi connectivity index (χ4n) is 6.75. The predicted octanol–water partition coefficient (Wildman–Crippen LogP) is 1.15. The van der Waals surface area contributed by atoms with Crippen LogP contribution in [0.25, 0.3) is 0 Å². The Morgan fingerprint density at radius 2 is 1.55 bits per heavy atom. The van der Waals surface area contributed by atoms with Crippen molar-refractivity contribution < 1.29 is 50.0 Å². The predicted molar refractivity (Wildman–Crippen MR) is 239 cm³/mol. The summed E-state index contributed by atoms with van der Waals surface area (Å²) in [7, 11) is 0. The molecule has 8 atom stereocenters. The van der Waals surface area contributed by atoms with E-state index in [0.717, 1.165) is 0 Å². The highest BCUT2D eigenvalue weighted by Crippen LogP contribution is 2.25. The van der Waals surface area contributed by atoms with Crippen molar-refractivity contribution in [2.24, 2.45) is 39.9 Å². The third-order valence-electron chi connectivity index (χ3n) is 10.1. The van der Waals surface area contributed by atoms with Gasteiger partial charge in [-0.25, -0.2) is 0 Å². The van der Waals surface area contributed by atoms with Gasteiger partial charge in [0.2, 0.25) is 23.6 Å². The van der Waals surface area contributed by atoms with Gasteiger partial charge in [0.05, 0.1) is 37.1 Å². The highest BCUT2D eigenvalue weighted by atomic mass is 16.3. The average Bonchev–Trinajstić information content (AvgIpc) is 3.20. The molecule has 0 radical (unpaired) electrons. The summed E-state index contributed by atoms with van der Waals surface area (Å²) in [6.45, 7) is 7.84. The minimum absolute atomic E-state index is 0. The molecule has 1 aliphatic heterocycles. The van der Waals surface area contributed by atoms with Gasteiger partial charge >= 0.3 is 0 Å². The highest BCUT2D eigenvalue weighted by molar-refractivity contribution is 5.97. The summed E-state index contributed by atoms with van der Waals surface area (Å²) in [6, 6.07) is 5.10. The molecule has 2 rings (SSSR count). The second-order valence-corrected chi connectivity index (χ2v) is 15.6. The van der Waals surface area contributed by atoms with Crippen LogP contribution in [-0.2, 0) is 44.8 Å². The Balaban J connectivity index is 0. The molecule has 0 saturated carbocycles. The lowest BCUT2D eigenvalue weighted by Crippen LogP contribution is -2.57. The van der Waals surface area contributed by atoms with Crippen LogP contribution in [0.1, 0.15) is 120 Å². The van der Waals surface area contributed by atoms with E-state index in [-0.39, 0.29) is 66.3 Å². The first-order valence-corrected chi connectivity index (χ1v) is 21.3. The molecule has 18 nitrogen and oxygen atoms in total. The molecule has 18 heteroatoms. The number of rotatable bonds is 16. The molecule has 1 aliphatic rings. The summed E-state index contributed by atoms with van der Waals surface area (Å²) < 4.78 is 0. The first-order valence-electron chi connectivity index (χ1n) is 21.3. The van der Waals surface area contributed by atoms with E-state index in [0.29, 0.717) is 12.0 Å². The molecule has 352 valence electrons. The number of nitrogens with zero attached hydrogens (tertiary/aromatic N) is 1. The Labute approximate surface area is 368 Å². The van der Waals surface area contributed by atoms with E-state index in [1.165, 1.54) is 20.3 Å². The molecule has 1 fully saturated rings. The summed E-state index contributed by atoms with van der Waals surface area (Å²) in [5.41, 5.74) is 17.1. The zero-order valence-corrected chi connectivity index (χ0v) is 36.5. The first kappa shape index (κ1) is 56.9. The zero-order chi connectivity index (χ0) is 46.1. The molecule has 1 aromatic carbocycles. The van der Waals surface area contributed by atoms with Crippen LogP contribution in [0.15, 0.2) is 35.3 Å². The van der Waals surface area contributed by atoms with Crippen molar-refractivity contribution in [1.82, 2.24) is 21.3 Å². The number of amides is 4. The van der Waals surface area contributed by atoms with Gasteiger partial charge in [0.15, 0.2) is 17.5 Å². The molecule has 0 spiro atoms. The van der Waals surface area contributed by atoms with Gasteiger partial charge in [0.25, 0.3) is 0 Å². The quantitative estimate of drug-likeness (QED) is 0.0641. The number of aliphatic imine (C=N–C) groups is 1. The van der Waals surface area contributed by atoms with Crippen molar-refractivity contribution in [2.75, 3.05) is 19.6 Å². The second-order valence-electron chi connectivity index (χ2n) is 15.6. The zero-order valence-electron chi connectivity index (χ0n) is 36.5. The summed E-state index contributed by atoms with van der Waals surface area (Å²) in [6.07, 6.45) is -1.79. The van der Waals surface area contributed by atoms with Gasteiger partial charge in [-0.15, -0.1) is 0 Å². The Morgan fingerprint density at radius 3 is 2.11 bits per heavy atom. The number of hydrogen-bond donors (Lipinski definition) is 9. The molecule has 0 bridgehead atoms. The van der Waals surface area contributed by atoms with E-state index in [1.807, 2.05) is 0 Å². The standard InChI is InChI=1S/C40H62N8O10.C3H8.CH4.H2/c1-4-10-36(55)46-30-14-8-13-26(33(52)20-29(24(3)50)35(54)21-41)18-34(53)28(23(2)49)19-27(51)22-45-37(56)32(17-25-11-6-5-7-12-25)48-39(58)31(47-38(30)57)15-9-16-44-40(42)43;1-3-2;;/h5-7,11-12,23-24,26,28-32,49-50H,4,8-10,13-22,41H2,1-3H3,(H,45,56)(H,46,55)(H,47,57)(H,48,58)(H4,42,43,44);3H2,1-2H3;1H4;1H/i;;;1+2.